The molecule has 0 saturated heterocycles. The maximum atomic E-state index is 12.6. The normalized spacial score (nSPS) is 28.7. The zero-order valence-corrected chi connectivity index (χ0v) is 14.1. The molecule has 1 N–H and O–H groups in total. The lowest BCUT2D eigenvalue weighted by Gasteiger charge is -2.55. The molecule has 1 aromatic heterocycles. The lowest BCUT2D eigenvalue weighted by atomic mass is 9.53. The summed E-state index contributed by atoms with van der Waals surface area (Å²) in [5.41, 5.74) is 2.17. The van der Waals surface area contributed by atoms with Crippen LogP contribution in [-0.4, -0.2) is 17.1 Å². The molecule has 0 spiro atoms. The molecule has 0 radical (unpaired) electrons. The third kappa shape index (κ3) is 2.64. The minimum absolute atomic E-state index is 0.128. The van der Waals surface area contributed by atoms with Gasteiger partial charge in [-0.2, -0.15) is 0 Å². The highest BCUT2D eigenvalue weighted by Gasteiger charge is 2.51. The molecule has 4 rings (SSSR count). The number of aromatic nitrogens is 1. The Morgan fingerprint density at radius 2 is 1.96 bits per heavy atom. The molecule has 4 atom stereocenters. The van der Waals surface area contributed by atoms with Crippen molar-refractivity contribution in [3.8, 4) is 0 Å². The summed E-state index contributed by atoms with van der Waals surface area (Å²) in [4.78, 5) is 12.6. The fourth-order valence-electron chi connectivity index (χ4n) is 4.60. The first-order valence-electron chi connectivity index (χ1n) is 9.09. The lowest BCUT2D eigenvalue weighted by molar-refractivity contribution is 0.0241. The van der Waals surface area contributed by atoms with Gasteiger partial charge in [0.15, 0.2) is 0 Å². The van der Waals surface area contributed by atoms with Crippen LogP contribution in [0.3, 0.4) is 0 Å². The Labute approximate surface area is 142 Å². The van der Waals surface area contributed by atoms with Crippen LogP contribution in [-0.2, 0) is 6.42 Å². The first-order chi connectivity index (χ1) is 11.8. The molecule has 2 saturated carbocycles. The Morgan fingerprint density at radius 3 is 2.67 bits per heavy atom. The van der Waals surface area contributed by atoms with Crippen LogP contribution < -0.4 is 5.32 Å². The second kappa shape index (κ2) is 6.42. The molecule has 1 aromatic carbocycles. The van der Waals surface area contributed by atoms with E-state index >= 15 is 0 Å². The van der Waals surface area contributed by atoms with Gasteiger partial charge in [0.2, 0.25) is 5.76 Å². The molecule has 4 nitrogen and oxygen atoms in total. The number of benzene rings is 1. The van der Waals surface area contributed by atoms with Gasteiger partial charge in [-0.3, -0.25) is 4.79 Å². The zero-order valence-electron chi connectivity index (χ0n) is 14.1. The van der Waals surface area contributed by atoms with Crippen molar-refractivity contribution in [2.45, 2.75) is 51.0 Å². The van der Waals surface area contributed by atoms with Crippen LogP contribution in [0.15, 0.2) is 40.9 Å². The van der Waals surface area contributed by atoms with Crippen LogP contribution in [0, 0.1) is 11.8 Å². The number of amides is 1. The quantitative estimate of drug-likeness (QED) is 0.927. The van der Waals surface area contributed by atoms with E-state index in [0.29, 0.717) is 23.5 Å². The van der Waals surface area contributed by atoms with Gasteiger partial charge in [0.25, 0.3) is 5.91 Å². The van der Waals surface area contributed by atoms with Gasteiger partial charge in [0.1, 0.15) is 0 Å². The molecule has 1 amide bonds. The number of rotatable bonds is 4. The monoisotopic (exact) mass is 324 g/mol. The van der Waals surface area contributed by atoms with Crippen LogP contribution in [0.5, 0.6) is 0 Å². The van der Waals surface area contributed by atoms with E-state index in [0.717, 1.165) is 12.1 Å². The fraction of sp³-hybridized carbons (Fsp3) is 0.500. The predicted molar refractivity (Wildman–Crippen MR) is 91.8 cm³/mol. The van der Waals surface area contributed by atoms with Crippen molar-refractivity contribution in [1.29, 1.82) is 0 Å². The fourth-order valence-corrected chi connectivity index (χ4v) is 4.60. The summed E-state index contributed by atoms with van der Waals surface area (Å²) < 4.78 is 5.20. The first-order valence-corrected chi connectivity index (χ1v) is 9.09. The Morgan fingerprint density at radius 1 is 1.21 bits per heavy atom. The minimum Gasteiger partial charge on any atom is -0.351 e. The van der Waals surface area contributed by atoms with Crippen molar-refractivity contribution < 1.29 is 9.32 Å². The summed E-state index contributed by atoms with van der Waals surface area (Å²) in [5.74, 6) is 1.93. The number of hydrogen-bond donors (Lipinski definition) is 1. The third-order valence-corrected chi connectivity index (χ3v) is 5.81. The zero-order chi connectivity index (χ0) is 16.5. The first kappa shape index (κ1) is 15.4. The summed E-state index contributed by atoms with van der Waals surface area (Å²) in [7, 11) is 0. The number of aryl methyl sites for hydroxylation is 1. The predicted octanol–water partition coefficient (Wildman–Crippen LogP) is 3.94. The van der Waals surface area contributed by atoms with E-state index in [2.05, 4.69) is 40.8 Å². The molecular formula is C20H24N2O2. The summed E-state index contributed by atoms with van der Waals surface area (Å²) in [6.07, 6.45) is 5.86. The summed E-state index contributed by atoms with van der Waals surface area (Å²) in [6.45, 7) is 2.00. The van der Waals surface area contributed by atoms with E-state index in [4.69, 9.17) is 4.52 Å². The Hall–Kier alpha value is -2.10. The standard InChI is InChI=1S/C20H24N2O2/c1-2-14-12-17(24-22-14)20(23)21-19-16-11-7-6-10-15(16)18(19)13-8-4-3-5-9-13/h3-5,8-9,12,15-16,18-19H,2,6-7,10-11H2,1H3,(H,21,23)/t15-,16+,18-,19-/m0/s1. The number of fused-ring (bicyclic) bond motifs is 1. The Kier molecular flexibility index (Phi) is 4.13. The van der Waals surface area contributed by atoms with E-state index in [9.17, 15) is 4.79 Å². The topological polar surface area (TPSA) is 55.1 Å². The van der Waals surface area contributed by atoms with Crippen molar-refractivity contribution in [3.63, 3.8) is 0 Å². The molecule has 0 bridgehead atoms. The van der Waals surface area contributed by atoms with Gasteiger partial charge in [-0.05, 0) is 36.7 Å². The van der Waals surface area contributed by atoms with Crippen LogP contribution in [0.1, 0.15) is 60.3 Å². The largest absolute Gasteiger partial charge is 0.351 e. The Bertz CT molecular complexity index is 709. The molecule has 0 unspecified atom stereocenters. The molecule has 24 heavy (non-hydrogen) atoms. The molecule has 2 aromatic rings. The highest BCUT2D eigenvalue weighted by Crippen LogP contribution is 2.54. The van der Waals surface area contributed by atoms with Gasteiger partial charge in [0.05, 0.1) is 5.69 Å². The number of nitrogens with zero attached hydrogens (tertiary/aromatic N) is 1. The summed E-state index contributed by atoms with van der Waals surface area (Å²) in [6, 6.07) is 12.6. The maximum absolute atomic E-state index is 12.6. The van der Waals surface area contributed by atoms with E-state index in [-0.39, 0.29) is 11.9 Å². The van der Waals surface area contributed by atoms with Crippen molar-refractivity contribution in [2.24, 2.45) is 11.8 Å². The lowest BCUT2D eigenvalue weighted by Crippen LogP contribution is -2.59. The number of carbonyl (C=O) groups excluding carboxylic acids is 1. The van der Waals surface area contributed by atoms with E-state index in [1.54, 1.807) is 6.07 Å². The molecule has 0 aliphatic heterocycles. The van der Waals surface area contributed by atoms with Crippen molar-refractivity contribution in [3.05, 3.63) is 53.4 Å². The summed E-state index contributed by atoms with van der Waals surface area (Å²) >= 11 is 0. The molecule has 4 heteroatoms. The highest BCUT2D eigenvalue weighted by atomic mass is 16.5. The second-order valence-corrected chi connectivity index (χ2v) is 7.08. The van der Waals surface area contributed by atoms with Crippen LogP contribution in [0.2, 0.25) is 0 Å². The van der Waals surface area contributed by atoms with Crippen LogP contribution in [0.4, 0.5) is 0 Å². The van der Waals surface area contributed by atoms with E-state index in [1.807, 2.05) is 6.92 Å². The molecule has 1 heterocycles. The minimum atomic E-state index is -0.128. The van der Waals surface area contributed by atoms with E-state index < -0.39 is 0 Å². The van der Waals surface area contributed by atoms with Gasteiger partial charge >= 0.3 is 0 Å². The van der Waals surface area contributed by atoms with Gasteiger partial charge in [0, 0.05) is 18.0 Å². The number of hydrogen-bond acceptors (Lipinski definition) is 3. The smallest absolute Gasteiger partial charge is 0.290 e. The van der Waals surface area contributed by atoms with Crippen molar-refractivity contribution in [2.75, 3.05) is 0 Å². The van der Waals surface area contributed by atoms with Gasteiger partial charge in [-0.25, -0.2) is 0 Å². The Balaban J connectivity index is 1.54. The molecule has 2 aliphatic carbocycles. The maximum Gasteiger partial charge on any atom is 0.290 e. The highest BCUT2D eigenvalue weighted by molar-refractivity contribution is 5.91. The van der Waals surface area contributed by atoms with Gasteiger partial charge in [-0.1, -0.05) is 55.3 Å². The van der Waals surface area contributed by atoms with E-state index in [1.165, 1.54) is 31.2 Å². The number of nitrogens with one attached hydrogen (secondary N) is 1. The third-order valence-electron chi connectivity index (χ3n) is 5.81. The van der Waals surface area contributed by atoms with Crippen molar-refractivity contribution in [1.82, 2.24) is 10.5 Å². The summed E-state index contributed by atoms with van der Waals surface area (Å²) in [5, 5.41) is 7.17. The average Bonchev–Trinajstić information content (AvgIpc) is 3.10. The molecule has 2 aliphatic rings. The van der Waals surface area contributed by atoms with Gasteiger partial charge < -0.3 is 9.84 Å². The average molecular weight is 324 g/mol. The SMILES string of the molecule is CCc1cc(C(=O)N[C@H]2[C@@H]3CCCC[C@@H]3[C@@H]2c2ccccc2)on1. The molecule has 2 fully saturated rings. The molecular weight excluding hydrogens is 300 g/mol. The van der Waals surface area contributed by atoms with Crippen LogP contribution >= 0.6 is 0 Å². The van der Waals surface area contributed by atoms with Gasteiger partial charge in [-0.15, -0.1) is 0 Å². The second-order valence-electron chi connectivity index (χ2n) is 7.08. The van der Waals surface area contributed by atoms with Crippen LogP contribution in [0.25, 0.3) is 0 Å². The molecule has 126 valence electrons. The number of carbonyl (C=O) groups is 1. The van der Waals surface area contributed by atoms with Crippen molar-refractivity contribution >= 4 is 5.91 Å².